The number of urea groups is 1. The van der Waals surface area contributed by atoms with Crippen molar-refractivity contribution >= 4 is 17.8 Å². The molecule has 0 bridgehead atoms. The van der Waals surface area contributed by atoms with Crippen LogP contribution in [0.5, 0.6) is 0 Å². The van der Waals surface area contributed by atoms with Crippen molar-refractivity contribution < 1.29 is 14.4 Å². The van der Waals surface area contributed by atoms with Gasteiger partial charge in [-0.3, -0.25) is 14.5 Å². The number of hydrogen-bond acceptors (Lipinski definition) is 4. The number of hydrogen-bond donors (Lipinski definition) is 3. The van der Waals surface area contributed by atoms with E-state index in [1.165, 1.54) is 0 Å². The zero-order chi connectivity index (χ0) is 17.3. The summed E-state index contributed by atoms with van der Waals surface area (Å²) in [6, 6.07) is 7.24. The highest BCUT2D eigenvalue weighted by atomic mass is 16.2. The van der Waals surface area contributed by atoms with E-state index in [1.54, 1.807) is 7.05 Å². The first-order valence-electron chi connectivity index (χ1n) is 8.14. The normalized spacial score (nSPS) is 23.3. The van der Waals surface area contributed by atoms with Gasteiger partial charge in [-0.25, -0.2) is 4.79 Å². The third kappa shape index (κ3) is 2.65. The Hall–Kier alpha value is -2.41. The molecule has 128 valence electrons. The van der Waals surface area contributed by atoms with E-state index in [0.29, 0.717) is 13.0 Å². The summed E-state index contributed by atoms with van der Waals surface area (Å²) in [4.78, 5) is 38.2. The van der Waals surface area contributed by atoms with Crippen LogP contribution in [0.3, 0.4) is 0 Å². The maximum atomic E-state index is 12.9. The van der Waals surface area contributed by atoms with Gasteiger partial charge in [0.2, 0.25) is 5.91 Å². The topological polar surface area (TPSA) is 90.5 Å². The van der Waals surface area contributed by atoms with Gasteiger partial charge in [0, 0.05) is 12.6 Å². The second kappa shape index (κ2) is 6.24. The van der Waals surface area contributed by atoms with Crippen LogP contribution in [0.25, 0.3) is 0 Å². The van der Waals surface area contributed by atoms with Gasteiger partial charge in [0.05, 0.1) is 0 Å². The lowest BCUT2D eigenvalue weighted by molar-refractivity contribution is -0.135. The molecule has 1 aliphatic carbocycles. The average Bonchev–Trinajstić information content (AvgIpc) is 3.07. The predicted octanol–water partition coefficient (Wildman–Crippen LogP) is 0.104. The van der Waals surface area contributed by atoms with Gasteiger partial charge in [-0.15, -0.1) is 0 Å². The van der Waals surface area contributed by atoms with Crippen LogP contribution in [0.15, 0.2) is 24.3 Å². The summed E-state index contributed by atoms with van der Waals surface area (Å²) in [7, 11) is 1.80. The number of carbonyl (C=O) groups excluding carboxylic acids is 3. The van der Waals surface area contributed by atoms with Crippen LogP contribution in [0.2, 0.25) is 0 Å². The van der Waals surface area contributed by atoms with Gasteiger partial charge in [-0.1, -0.05) is 24.3 Å². The largest absolute Gasteiger partial charge is 0.353 e. The highest BCUT2D eigenvalue weighted by Gasteiger charge is 2.55. The number of carbonyl (C=O) groups is 3. The first-order valence-corrected chi connectivity index (χ1v) is 8.14. The summed E-state index contributed by atoms with van der Waals surface area (Å²) < 4.78 is 0. The van der Waals surface area contributed by atoms with E-state index < -0.39 is 11.6 Å². The van der Waals surface area contributed by atoms with Gasteiger partial charge in [0.15, 0.2) is 0 Å². The molecule has 1 fully saturated rings. The Labute approximate surface area is 140 Å². The number of nitrogens with zero attached hydrogens (tertiary/aromatic N) is 1. The lowest BCUT2D eigenvalue weighted by Gasteiger charge is -2.22. The van der Waals surface area contributed by atoms with Crippen LogP contribution < -0.4 is 16.0 Å². The number of amides is 4. The van der Waals surface area contributed by atoms with Crippen LogP contribution in [0, 0.1) is 0 Å². The Balaban J connectivity index is 1.73. The van der Waals surface area contributed by atoms with Gasteiger partial charge >= 0.3 is 6.03 Å². The molecule has 1 spiro atoms. The number of fused-ring (bicyclic) bond motifs is 2. The maximum absolute atomic E-state index is 12.9. The minimum atomic E-state index is -1.01. The molecule has 2 aliphatic rings. The van der Waals surface area contributed by atoms with E-state index in [0.717, 1.165) is 22.4 Å². The molecule has 1 aromatic carbocycles. The number of nitrogens with one attached hydrogen (secondary N) is 3. The van der Waals surface area contributed by atoms with Crippen molar-refractivity contribution in [2.75, 3.05) is 20.1 Å². The Morgan fingerprint density at radius 3 is 2.88 bits per heavy atom. The first-order chi connectivity index (χ1) is 11.5. The molecule has 2 unspecified atom stereocenters. The molecule has 0 saturated carbocycles. The summed E-state index contributed by atoms with van der Waals surface area (Å²) in [5.74, 6) is -0.682. The molecule has 2 atom stereocenters. The van der Waals surface area contributed by atoms with E-state index in [4.69, 9.17) is 0 Å². The standard InChI is InChI=1S/C17H22N4O3/c1-11(18-2)9-19-14(22)10-21-15(23)17(20-16(21)24)8-7-12-5-3-4-6-13(12)17/h3-6,11,18H,7-10H2,1-2H3,(H,19,22)(H,20,24). The zero-order valence-electron chi connectivity index (χ0n) is 13.9. The molecule has 4 amide bonds. The van der Waals surface area contributed by atoms with Gasteiger partial charge < -0.3 is 16.0 Å². The summed E-state index contributed by atoms with van der Waals surface area (Å²) in [6.45, 7) is 2.11. The summed E-state index contributed by atoms with van der Waals surface area (Å²) in [6.07, 6.45) is 1.27. The molecule has 0 aromatic heterocycles. The zero-order valence-corrected chi connectivity index (χ0v) is 13.9. The smallest absolute Gasteiger partial charge is 0.325 e. The molecule has 24 heavy (non-hydrogen) atoms. The van der Waals surface area contributed by atoms with Crippen molar-refractivity contribution in [2.24, 2.45) is 0 Å². The van der Waals surface area contributed by atoms with Crippen LogP contribution in [0.4, 0.5) is 4.79 Å². The monoisotopic (exact) mass is 330 g/mol. The highest BCUT2D eigenvalue weighted by Crippen LogP contribution is 2.41. The van der Waals surface area contributed by atoms with Crippen molar-refractivity contribution in [1.29, 1.82) is 0 Å². The van der Waals surface area contributed by atoms with Gasteiger partial charge in [0.1, 0.15) is 12.1 Å². The second-order valence-electron chi connectivity index (χ2n) is 6.38. The number of aryl methyl sites for hydroxylation is 1. The lowest BCUT2D eigenvalue weighted by atomic mass is 9.92. The minimum Gasteiger partial charge on any atom is -0.353 e. The third-order valence-electron chi connectivity index (χ3n) is 4.82. The van der Waals surface area contributed by atoms with Crippen molar-refractivity contribution in [3.8, 4) is 0 Å². The number of benzene rings is 1. The van der Waals surface area contributed by atoms with Crippen LogP contribution >= 0.6 is 0 Å². The predicted molar refractivity (Wildman–Crippen MR) is 88.2 cm³/mol. The summed E-state index contributed by atoms with van der Waals surface area (Å²) >= 11 is 0. The fourth-order valence-electron chi connectivity index (χ4n) is 3.30. The van der Waals surface area contributed by atoms with E-state index in [2.05, 4.69) is 16.0 Å². The first kappa shape index (κ1) is 16.4. The second-order valence-corrected chi connectivity index (χ2v) is 6.38. The molecule has 1 saturated heterocycles. The van der Waals surface area contributed by atoms with Gasteiger partial charge in [-0.05, 0) is 37.9 Å². The SMILES string of the molecule is CNC(C)CNC(=O)CN1C(=O)NC2(CCc3ccccc32)C1=O. The Bertz CT molecular complexity index is 690. The maximum Gasteiger partial charge on any atom is 0.325 e. The Morgan fingerprint density at radius 1 is 1.38 bits per heavy atom. The molecule has 1 aliphatic heterocycles. The number of likely N-dealkylation sites (N-methyl/N-ethyl adjacent to an activating group) is 1. The van der Waals surface area contributed by atoms with Crippen LogP contribution in [-0.4, -0.2) is 48.9 Å². The lowest BCUT2D eigenvalue weighted by Crippen LogP contribution is -2.45. The van der Waals surface area contributed by atoms with Gasteiger partial charge in [-0.2, -0.15) is 0 Å². The van der Waals surface area contributed by atoms with Crippen molar-refractivity contribution in [3.63, 3.8) is 0 Å². The van der Waals surface area contributed by atoms with Crippen molar-refractivity contribution in [3.05, 3.63) is 35.4 Å². The van der Waals surface area contributed by atoms with E-state index in [1.807, 2.05) is 31.2 Å². The molecule has 3 N–H and O–H groups in total. The molecule has 3 rings (SSSR count). The Morgan fingerprint density at radius 2 is 2.12 bits per heavy atom. The van der Waals surface area contributed by atoms with Crippen LogP contribution in [0.1, 0.15) is 24.5 Å². The quantitative estimate of drug-likeness (QED) is 0.668. The number of imide groups is 1. The van der Waals surface area contributed by atoms with Crippen molar-refractivity contribution in [1.82, 2.24) is 20.9 Å². The van der Waals surface area contributed by atoms with E-state index in [-0.39, 0.29) is 24.4 Å². The Kier molecular flexibility index (Phi) is 4.28. The van der Waals surface area contributed by atoms with Crippen molar-refractivity contribution in [2.45, 2.75) is 31.3 Å². The van der Waals surface area contributed by atoms with E-state index in [9.17, 15) is 14.4 Å². The third-order valence-corrected chi connectivity index (χ3v) is 4.82. The molecule has 1 heterocycles. The molecule has 7 heteroatoms. The molecule has 1 aromatic rings. The fraction of sp³-hybridized carbons (Fsp3) is 0.471. The molecular formula is C17H22N4O3. The average molecular weight is 330 g/mol. The highest BCUT2D eigenvalue weighted by molar-refractivity contribution is 6.09. The molecule has 0 radical (unpaired) electrons. The number of rotatable bonds is 5. The van der Waals surface area contributed by atoms with E-state index >= 15 is 0 Å². The van der Waals surface area contributed by atoms with Gasteiger partial charge in [0.25, 0.3) is 5.91 Å². The fourth-order valence-corrected chi connectivity index (χ4v) is 3.30. The van der Waals surface area contributed by atoms with Crippen LogP contribution in [-0.2, 0) is 21.5 Å². The molecular weight excluding hydrogens is 308 g/mol. The summed E-state index contributed by atoms with van der Waals surface area (Å²) in [5, 5.41) is 8.54. The minimum absolute atomic E-state index is 0.116. The molecule has 7 nitrogen and oxygen atoms in total. The summed E-state index contributed by atoms with van der Waals surface area (Å²) in [5.41, 5.74) is 0.905.